The summed E-state index contributed by atoms with van der Waals surface area (Å²) in [5.74, 6) is 0.492. The Bertz CT molecular complexity index is 681. The SMILES string of the molecule is CC(C)c1ccc(/C=C2/C(=O)Nc3ccccc32)cc1. The lowest BCUT2D eigenvalue weighted by Crippen LogP contribution is -2.03. The lowest BCUT2D eigenvalue weighted by molar-refractivity contribution is -0.110. The van der Waals surface area contributed by atoms with Crippen molar-refractivity contribution in [1.29, 1.82) is 0 Å². The maximum atomic E-state index is 12.0. The molecule has 0 atom stereocenters. The molecule has 0 spiro atoms. The maximum Gasteiger partial charge on any atom is 0.256 e. The summed E-state index contributed by atoms with van der Waals surface area (Å²) in [6.45, 7) is 4.35. The number of carbonyl (C=O) groups excluding carboxylic acids is 1. The van der Waals surface area contributed by atoms with E-state index >= 15 is 0 Å². The van der Waals surface area contributed by atoms with Gasteiger partial charge in [0.15, 0.2) is 0 Å². The van der Waals surface area contributed by atoms with E-state index in [1.807, 2.05) is 30.3 Å². The molecule has 0 unspecified atom stereocenters. The molecular formula is C18H17NO. The minimum atomic E-state index is -0.0286. The first-order valence-electron chi connectivity index (χ1n) is 6.87. The van der Waals surface area contributed by atoms with Crippen LogP contribution in [0.25, 0.3) is 11.6 Å². The zero-order valence-corrected chi connectivity index (χ0v) is 11.7. The Morgan fingerprint density at radius 3 is 2.40 bits per heavy atom. The topological polar surface area (TPSA) is 29.1 Å². The van der Waals surface area contributed by atoms with E-state index in [2.05, 4.69) is 43.4 Å². The molecule has 2 nitrogen and oxygen atoms in total. The van der Waals surface area contributed by atoms with Gasteiger partial charge in [0, 0.05) is 16.8 Å². The Labute approximate surface area is 119 Å². The molecule has 100 valence electrons. The number of fused-ring (bicyclic) bond motifs is 1. The van der Waals surface area contributed by atoms with E-state index in [9.17, 15) is 4.79 Å². The van der Waals surface area contributed by atoms with E-state index in [4.69, 9.17) is 0 Å². The number of nitrogens with one attached hydrogen (secondary N) is 1. The smallest absolute Gasteiger partial charge is 0.256 e. The molecule has 2 aromatic rings. The summed E-state index contributed by atoms with van der Waals surface area (Å²) in [4.78, 5) is 12.0. The van der Waals surface area contributed by atoms with Crippen LogP contribution in [0.15, 0.2) is 48.5 Å². The van der Waals surface area contributed by atoms with Crippen LogP contribution in [0, 0.1) is 0 Å². The zero-order chi connectivity index (χ0) is 14.1. The quantitative estimate of drug-likeness (QED) is 0.804. The van der Waals surface area contributed by atoms with E-state index < -0.39 is 0 Å². The number of rotatable bonds is 2. The number of carbonyl (C=O) groups is 1. The van der Waals surface area contributed by atoms with Gasteiger partial charge in [-0.1, -0.05) is 56.3 Å². The molecule has 1 aliphatic heterocycles. The van der Waals surface area contributed by atoms with Gasteiger partial charge in [0.1, 0.15) is 0 Å². The lowest BCUT2D eigenvalue weighted by atomic mass is 9.99. The first-order chi connectivity index (χ1) is 9.65. The van der Waals surface area contributed by atoms with Crippen molar-refractivity contribution in [1.82, 2.24) is 0 Å². The second-order valence-corrected chi connectivity index (χ2v) is 5.38. The van der Waals surface area contributed by atoms with Crippen molar-refractivity contribution in [3.63, 3.8) is 0 Å². The summed E-state index contributed by atoms with van der Waals surface area (Å²) in [6.07, 6.45) is 1.95. The van der Waals surface area contributed by atoms with E-state index in [-0.39, 0.29) is 5.91 Å². The average molecular weight is 263 g/mol. The van der Waals surface area contributed by atoms with Crippen LogP contribution < -0.4 is 5.32 Å². The van der Waals surface area contributed by atoms with Gasteiger partial charge in [-0.15, -0.1) is 0 Å². The van der Waals surface area contributed by atoms with Gasteiger partial charge in [-0.2, -0.15) is 0 Å². The van der Waals surface area contributed by atoms with Crippen LogP contribution in [-0.4, -0.2) is 5.91 Å². The van der Waals surface area contributed by atoms with E-state index in [0.29, 0.717) is 5.92 Å². The van der Waals surface area contributed by atoms with E-state index in [1.165, 1.54) is 5.56 Å². The Morgan fingerprint density at radius 2 is 1.70 bits per heavy atom. The highest BCUT2D eigenvalue weighted by Crippen LogP contribution is 2.32. The molecule has 1 amide bonds. The van der Waals surface area contributed by atoms with Gasteiger partial charge in [-0.25, -0.2) is 0 Å². The van der Waals surface area contributed by atoms with Crippen molar-refractivity contribution >= 4 is 23.2 Å². The van der Waals surface area contributed by atoms with Crippen LogP contribution in [0.1, 0.15) is 36.5 Å². The third-order valence-corrected chi connectivity index (χ3v) is 3.62. The molecule has 2 heteroatoms. The fraction of sp³-hybridized carbons (Fsp3) is 0.167. The standard InChI is InChI=1S/C18H17NO/c1-12(2)14-9-7-13(8-10-14)11-16-15-5-3-4-6-17(15)19-18(16)20/h3-12H,1-2H3,(H,19,20)/b16-11+. The number of anilines is 1. The molecule has 0 saturated carbocycles. The van der Waals surface area contributed by atoms with Gasteiger partial charge < -0.3 is 5.32 Å². The van der Waals surface area contributed by atoms with E-state index in [1.54, 1.807) is 0 Å². The van der Waals surface area contributed by atoms with Crippen LogP contribution >= 0.6 is 0 Å². The molecule has 1 N–H and O–H groups in total. The van der Waals surface area contributed by atoms with Crippen molar-refractivity contribution in [2.75, 3.05) is 5.32 Å². The molecule has 0 aromatic heterocycles. The Morgan fingerprint density at radius 1 is 1.00 bits per heavy atom. The predicted molar refractivity (Wildman–Crippen MR) is 83.5 cm³/mol. The Hall–Kier alpha value is -2.35. The zero-order valence-electron chi connectivity index (χ0n) is 11.7. The molecule has 0 fully saturated rings. The van der Waals surface area contributed by atoms with Gasteiger partial charge in [0.25, 0.3) is 5.91 Å². The molecule has 20 heavy (non-hydrogen) atoms. The summed E-state index contributed by atoms with van der Waals surface area (Å²) in [6, 6.07) is 16.2. The summed E-state index contributed by atoms with van der Waals surface area (Å²) in [7, 11) is 0. The summed E-state index contributed by atoms with van der Waals surface area (Å²) < 4.78 is 0. The largest absolute Gasteiger partial charge is 0.321 e. The van der Waals surface area contributed by atoms with Gasteiger partial charge >= 0.3 is 0 Å². The summed E-state index contributed by atoms with van der Waals surface area (Å²) >= 11 is 0. The third kappa shape index (κ3) is 2.25. The van der Waals surface area contributed by atoms with Crippen LogP contribution in [0.3, 0.4) is 0 Å². The van der Waals surface area contributed by atoms with Gasteiger partial charge in [0.2, 0.25) is 0 Å². The minimum absolute atomic E-state index is 0.0286. The number of hydrogen-bond donors (Lipinski definition) is 1. The Balaban J connectivity index is 1.98. The van der Waals surface area contributed by atoms with Gasteiger partial charge in [0.05, 0.1) is 0 Å². The van der Waals surface area contributed by atoms with Gasteiger partial charge in [-0.3, -0.25) is 4.79 Å². The van der Waals surface area contributed by atoms with Crippen LogP contribution in [0.4, 0.5) is 5.69 Å². The summed E-state index contributed by atoms with van der Waals surface area (Å²) in [5, 5.41) is 2.89. The number of hydrogen-bond acceptors (Lipinski definition) is 1. The number of para-hydroxylation sites is 1. The first-order valence-corrected chi connectivity index (χ1v) is 6.87. The van der Waals surface area contributed by atoms with Crippen molar-refractivity contribution < 1.29 is 4.79 Å². The van der Waals surface area contributed by atoms with Crippen molar-refractivity contribution in [3.8, 4) is 0 Å². The highest BCUT2D eigenvalue weighted by molar-refractivity contribution is 6.34. The van der Waals surface area contributed by atoms with Gasteiger partial charge in [-0.05, 0) is 29.2 Å². The van der Waals surface area contributed by atoms with Crippen LogP contribution in [0.5, 0.6) is 0 Å². The second kappa shape index (κ2) is 4.97. The predicted octanol–water partition coefficient (Wildman–Crippen LogP) is 4.30. The highest BCUT2D eigenvalue weighted by Gasteiger charge is 2.23. The number of benzene rings is 2. The maximum absolute atomic E-state index is 12.0. The average Bonchev–Trinajstić information content (AvgIpc) is 2.76. The molecular weight excluding hydrogens is 246 g/mol. The molecule has 0 radical (unpaired) electrons. The van der Waals surface area contributed by atoms with Crippen molar-refractivity contribution in [2.45, 2.75) is 19.8 Å². The molecule has 1 heterocycles. The number of amides is 1. The first kappa shape index (κ1) is 12.7. The Kier molecular flexibility index (Phi) is 3.15. The molecule has 2 aromatic carbocycles. The second-order valence-electron chi connectivity index (χ2n) is 5.38. The lowest BCUT2D eigenvalue weighted by Gasteiger charge is -2.05. The highest BCUT2D eigenvalue weighted by atomic mass is 16.2. The minimum Gasteiger partial charge on any atom is -0.321 e. The molecule has 0 saturated heterocycles. The van der Waals surface area contributed by atoms with Crippen molar-refractivity contribution in [2.24, 2.45) is 0 Å². The fourth-order valence-corrected chi connectivity index (χ4v) is 2.43. The van der Waals surface area contributed by atoms with Crippen molar-refractivity contribution in [3.05, 3.63) is 65.2 Å². The normalized spacial score (nSPS) is 15.6. The molecule has 1 aliphatic rings. The summed E-state index contributed by atoms with van der Waals surface area (Å²) in [5.41, 5.74) is 4.96. The molecule has 0 aliphatic carbocycles. The molecule has 0 bridgehead atoms. The molecule has 3 rings (SSSR count). The third-order valence-electron chi connectivity index (χ3n) is 3.62. The van der Waals surface area contributed by atoms with E-state index in [0.717, 1.165) is 22.4 Å². The van der Waals surface area contributed by atoms with Crippen LogP contribution in [0.2, 0.25) is 0 Å². The monoisotopic (exact) mass is 263 g/mol. The fourth-order valence-electron chi connectivity index (χ4n) is 2.43. The van der Waals surface area contributed by atoms with Crippen LogP contribution in [-0.2, 0) is 4.79 Å².